The largest absolute Gasteiger partial charge is 0.423 e. The fourth-order valence-electron chi connectivity index (χ4n) is 2.87. The number of aryl methyl sites for hydroxylation is 1. The van der Waals surface area contributed by atoms with Crippen LogP contribution in [0.15, 0.2) is 62.6 Å². The van der Waals surface area contributed by atoms with Crippen LogP contribution in [0.25, 0.3) is 11.0 Å². The molecule has 8 heteroatoms. The first-order valence-corrected chi connectivity index (χ1v) is 10.6. The molecule has 0 aliphatic rings. The van der Waals surface area contributed by atoms with Crippen LogP contribution in [0.2, 0.25) is 0 Å². The lowest BCUT2D eigenvalue weighted by atomic mass is 10.1. The number of hydrogen-bond acceptors (Lipinski definition) is 6. The monoisotopic (exact) mass is 415 g/mol. The summed E-state index contributed by atoms with van der Waals surface area (Å²) in [5.41, 5.74) is 1.11. The molecule has 0 unspecified atom stereocenters. The summed E-state index contributed by atoms with van der Waals surface area (Å²) in [6.45, 7) is 3.72. The molecule has 1 amide bonds. The normalized spacial score (nSPS) is 11.4. The van der Waals surface area contributed by atoms with Crippen LogP contribution < -0.4 is 15.1 Å². The zero-order valence-electron chi connectivity index (χ0n) is 16.1. The summed E-state index contributed by atoms with van der Waals surface area (Å²) in [5, 5.41) is 3.39. The maximum atomic E-state index is 12.6. The molecule has 0 aliphatic carbocycles. The lowest BCUT2D eigenvalue weighted by molar-refractivity contribution is -0.115. The van der Waals surface area contributed by atoms with Gasteiger partial charge in [0.2, 0.25) is 5.91 Å². The SMILES string of the molecule is CCCc1cc(=O)oc2cc(OS(=O)(=O)c3ccc(NC(=O)CC)cc3)ccc12. The van der Waals surface area contributed by atoms with E-state index in [9.17, 15) is 18.0 Å². The Labute approximate surface area is 168 Å². The van der Waals surface area contributed by atoms with Crippen LogP contribution in [0.5, 0.6) is 5.75 Å². The molecule has 3 rings (SSSR count). The number of nitrogens with one attached hydrogen (secondary N) is 1. The Balaban J connectivity index is 1.87. The summed E-state index contributed by atoms with van der Waals surface area (Å²) in [4.78, 5) is 23.1. The molecule has 7 nitrogen and oxygen atoms in total. The van der Waals surface area contributed by atoms with Crippen LogP contribution in [0.1, 0.15) is 32.3 Å². The van der Waals surface area contributed by atoms with Gasteiger partial charge in [0.05, 0.1) is 0 Å². The fourth-order valence-corrected chi connectivity index (χ4v) is 3.79. The first kappa shape index (κ1) is 20.6. The molecule has 0 spiro atoms. The van der Waals surface area contributed by atoms with E-state index in [2.05, 4.69) is 5.32 Å². The molecule has 1 N–H and O–H groups in total. The van der Waals surface area contributed by atoms with E-state index in [0.717, 1.165) is 17.4 Å². The summed E-state index contributed by atoms with van der Waals surface area (Å²) < 4.78 is 35.5. The van der Waals surface area contributed by atoms with Crippen molar-refractivity contribution in [3.8, 4) is 5.75 Å². The third kappa shape index (κ3) is 4.83. The Morgan fingerprint density at radius 3 is 2.45 bits per heavy atom. The first-order valence-electron chi connectivity index (χ1n) is 9.23. The van der Waals surface area contributed by atoms with Crippen LogP contribution in [0, 0.1) is 0 Å². The Hall–Kier alpha value is -3.13. The highest BCUT2D eigenvalue weighted by molar-refractivity contribution is 7.87. The standard InChI is InChI=1S/C21H21NO6S/c1-3-5-14-12-21(24)27-19-13-16(8-11-18(14)19)28-29(25,26)17-9-6-15(7-10-17)22-20(23)4-2/h6-13H,3-5H2,1-2H3,(H,22,23). The highest BCUT2D eigenvalue weighted by Crippen LogP contribution is 2.26. The maximum absolute atomic E-state index is 12.6. The second-order valence-corrected chi connectivity index (χ2v) is 8.01. The zero-order valence-corrected chi connectivity index (χ0v) is 16.9. The molecule has 0 saturated heterocycles. The summed E-state index contributed by atoms with van der Waals surface area (Å²) in [5.74, 6) is -0.130. The number of rotatable bonds is 7. The van der Waals surface area contributed by atoms with Crippen molar-refractivity contribution in [2.45, 2.75) is 38.0 Å². The molecule has 29 heavy (non-hydrogen) atoms. The first-order chi connectivity index (χ1) is 13.8. The van der Waals surface area contributed by atoms with Crippen molar-refractivity contribution in [2.75, 3.05) is 5.32 Å². The number of benzene rings is 2. The highest BCUT2D eigenvalue weighted by atomic mass is 32.2. The smallest absolute Gasteiger partial charge is 0.339 e. The maximum Gasteiger partial charge on any atom is 0.339 e. The van der Waals surface area contributed by atoms with Crippen LogP contribution in [-0.2, 0) is 21.3 Å². The number of anilines is 1. The van der Waals surface area contributed by atoms with Gasteiger partial charge in [0.15, 0.2) is 0 Å². The van der Waals surface area contributed by atoms with E-state index in [1.807, 2.05) is 6.92 Å². The number of carbonyl (C=O) groups is 1. The summed E-state index contributed by atoms with van der Waals surface area (Å²) in [6.07, 6.45) is 1.89. The minimum absolute atomic E-state index is 0.0395. The number of carbonyl (C=O) groups excluding carboxylic acids is 1. The van der Waals surface area contributed by atoms with E-state index in [-0.39, 0.29) is 22.1 Å². The quantitative estimate of drug-likeness (QED) is 0.464. The minimum Gasteiger partial charge on any atom is -0.423 e. The van der Waals surface area contributed by atoms with Crippen LogP contribution in [-0.4, -0.2) is 14.3 Å². The molecule has 1 heterocycles. The Kier molecular flexibility index (Phi) is 6.03. The topological polar surface area (TPSA) is 103 Å². The second kappa shape index (κ2) is 8.48. The molecule has 152 valence electrons. The van der Waals surface area contributed by atoms with E-state index in [0.29, 0.717) is 18.5 Å². The lowest BCUT2D eigenvalue weighted by Gasteiger charge is -2.10. The van der Waals surface area contributed by atoms with Crippen molar-refractivity contribution >= 4 is 32.7 Å². The van der Waals surface area contributed by atoms with Crippen molar-refractivity contribution in [3.63, 3.8) is 0 Å². The number of fused-ring (bicyclic) bond motifs is 1. The zero-order chi connectivity index (χ0) is 21.0. The Morgan fingerprint density at radius 2 is 1.79 bits per heavy atom. The Morgan fingerprint density at radius 1 is 1.07 bits per heavy atom. The molecule has 0 bridgehead atoms. The van der Waals surface area contributed by atoms with Crippen LogP contribution in [0.4, 0.5) is 5.69 Å². The molecule has 2 aromatic carbocycles. The fraction of sp³-hybridized carbons (Fsp3) is 0.238. The molecular formula is C21H21NO6S. The van der Waals surface area contributed by atoms with Gasteiger partial charge in [0.1, 0.15) is 16.2 Å². The van der Waals surface area contributed by atoms with Gasteiger partial charge in [-0.1, -0.05) is 20.3 Å². The minimum atomic E-state index is -4.10. The number of hydrogen-bond donors (Lipinski definition) is 1. The van der Waals surface area contributed by atoms with Crippen molar-refractivity contribution in [3.05, 3.63) is 64.5 Å². The van der Waals surface area contributed by atoms with Gasteiger partial charge in [-0.25, -0.2) is 4.79 Å². The van der Waals surface area contributed by atoms with Gasteiger partial charge in [-0.15, -0.1) is 0 Å². The van der Waals surface area contributed by atoms with Gasteiger partial charge in [-0.2, -0.15) is 8.42 Å². The predicted octanol–water partition coefficient (Wildman–Crippen LogP) is 3.86. The molecule has 3 aromatic rings. The molecule has 0 fully saturated rings. The molecule has 1 aromatic heterocycles. The highest BCUT2D eigenvalue weighted by Gasteiger charge is 2.18. The molecular weight excluding hydrogens is 394 g/mol. The van der Waals surface area contributed by atoms with Crippen molar-refractivity contribution in [2.24, 2.45) is 0 Å². The van der Waals surface area contributed by atoms with E-state index >= 15 is 0 Å². The number of amides is 1. The summed E-state index contributed by atoms with van der Waals surface area (Å²) in [6, 6.07) is 11.7. The van der Waals surface area contributed by atoms with E-state index in [1.54, 1.807) is 13.0 Å². The average Bonchev–Trinajstić information content (AvgIpc) is 2.68. The van der Waals surface area contributed by atoms with Gasteiger partial charge >= 0.3 is 15.7 Å². The third-order valence-electron chi connectivity index (χ3n) is 4.27. The van der Waals surface area contributed by atoms with Gasteiger partial charge in [0.25, 0.3) is 0 Å². The van der Waals surface area contributed by atoms with E-state index in [4.69, 9.17) is 8.60 Å². The Bertz CT molecular complexity index is 1200. The van der Waals surface area contributed by atoms with Crippen LogP contribution >= 0.6 is 0 Å². The lowest BCUT2D eigenvalue weighted by Crippen LogP contribution is -2.11. The molecule has 0 saturated carbocycles. The second-order valence-electron chi connectivity index (χ2n) is 6.46. The molecule has 0 aliphatic heterocycles. The van der Waals surface area contributed by atoms with Crippen molar-refractivity contribution in [1.82, 2.24) is 0 Å². The van der Waals surface area contributed by atoms with Crippen LogP contribution in [0.3, 0.4) is 0 Å². The molecule has 0 atom stereocenters. The third-order valence-corrected chi connectivity index (χ3v) is 5.54. The van der Waals surface area contributed by atoms with Crippen molar-refractivity contribution in [1.29, 1.82) is 0 Å². The van der Waals surface area contributed by atoms with Gasteiger partial charge in [-0.05, 0) is 48.4 Å². The van der Waals surface area contributed by atoms with Crippen molar-refractivity contribution < 1.29 is 21.8 Å². The van der Waals surface area contributed by atoms with Gasteiger partial charge in [-0.3, -0.25) is 4.79 Å². The predicted molar refractivity (Wildman–Crippen MR) is 110 cm³/mol. The summed E-state index contributed by atoms with van der Waals surface area (Å²) >= 11 is 0. The van der Waals surface area contributed by atoms with E-state index < -0.39 is 15.7 Å². The average molecular weight is 415 g/mol. The van der Waals surface area contributed by atoms with Gasteiger partial charge < -0.3 is 13.9 Å². The van der Waals surface area contributed by atoms with Gasteiger partial charge in [0, 0.05) is 29.6 Å². The summed E-state index contributed by atoms with van der Waals surface area (Å²) in [7, 11) is -4.10. The molecule has 0 radical (unpaired) electrons. The van der Waals surface area contributed by atoms with E-state index in [1.165, 1.54) is 42.5 Å².